The topological polar surface area (TPSA) is 48.7 Å². The molecule has 2 aliphatic rings. The van der Waals surface area contributed by atoms with Gasteiger partial charge >= 0.3 is 7.12 Å². The molecule has 5 heteroatoms. The van der Waals surface area contributed by atoms with Gasteiger partial charge in [0.15, 0.2) is 11.5 Å². The highest BCUT2D eigenvalue weighted by atomic mass is 16.7. The summed E-state index contributed by atoms with van der Waals surface area (Å²) in [6.45, 7) is 9.96. The quantitative estimate of drug-likeness (QED) is 0.612. The Morgan fingerprint density at radius 2 is 1.71 bits per heavy atom. The molecule has 132 valence electrons. The van der Waals surface area contributed by atoms with Gasteiger partial charge in [0.25, 0.3) is 0 Å². The molecule has 0 N–H and O–H groups in total. The fourth-order valence-corrected chi connectivity index (χ4v) is 3.54. The third-order valence-corrected chi connectivity index (χ3v) is 5.87. The van der Waals surface area contributed by atoms with Crippen LogP contribution in [0.5, 0.6) is 0 Å². The first-order chi connectivity index (χ1) is 11.2. The molecule has 0 spiro atoms. The highest BCUT2D eigenvalue weighted by molar-refractivity contribution is 6.63. The lowest BCUT2D eigenvalue weighted by atomic mass is 9.77. The SMILES string of the molecule is CCC(=O)c1oc(C2CCCCC2)cc1B1OC(C)(C)C(C)(C)O1. The van der Waals surface area contributed by atoms with Gasteiger partial charge in [-0.2, -0.15) is 0 Å². The molecule has 4 nitrogen and oxygen atoms in total. The van der Waals surface area contributed by atoms with E-state index >= 15 is 0 Å². The van der Waals surface area contributed by atoms with Gasteiger partial charge in [0, 0.05) is 17.8 Å². The third-order valence-electron chi connectivity index (χ3n) is 5.87. The van der Waals surface area contributed by atoms with E-state index in [4.69, 9.17) is 13.7 Å². The van der Waals surface area contributed by atoms with E-state index in [2.05, 4.69) is 0 Å². The number of carbonyl (C=O) groups is 1. The number of rotatable bonds is 4. The first-order valence-corrected chi connectivity index (χ1v) is 9.27. The van der Waals surface area contributed by atoms with Crippen LogP contribution >= 0.6 is 0 Å². The maximum Gasteiger partial charge on any atom is 0.498 e. The van der Waals surface area contributed by atoms with Gasteiger partial charge in [0.05, 0.1) is 11.2 Å². The number of carbonyl (C=O) groups excluding carboxylic acids is 1. The van der Waals surface area contributed by atoms with Gasteiger partial charge in [-0.15, -0.1) is 0 Å². The van der Waals surface area contributed by atoms with Crippen LogP contribution in [0, 0.1) is 0 Å². The molecule has 1 aromatic rings. The fourth-order valence-electron chi connectivity index (χ4n) is 3.54. The van der Waals surface area contributed by atoms with E-state index in [1.807, 2.05) is 40.7 Å². The molecule has 3 rings (SSSR count). The Balaban J connectivity index is 1.94. The predicted octanol–water partition coefficient (Wildman–Crippen LogP) is 4.22. The molecule has 2 heterocycles. The first kappa shape index (κ1) is 17.7. The van der Waals surface area contributed by atoms with E-state index < -0.39 is 18.3 Å². The van der Waals surface area contributed by atoms with E-state index in [-0.39, 0.29) is 5.78 Å². The average molecular weight is 332 g/mol. The molecule has 0 amide bonds. The Kier molecular flexibility index (Phi) is 4.69. The van der Waals surface area contributed by atoms with E-state index in [0.29, 0.717) is 18.1 Å². The Morgan fingerprint density at radius 3 is 2.25 bits per heavy atom. The van der Waals surface area contributed by atoms with Crippen LogP contribution in [0.25, 0.3) is 0 Å². The maximum atomic E-state index is 12.4. The van der Waals surface area contributed by atoms with Crippen LogP contribution in [0.3, 0.4) is 0 Å². The zero-order valence-electron chi connectivity index (χ0n) is 15.6. The summed E-state index contributed by atoms with van der Waals surface area (Å²) in [4.78, 5) is 12.4. The number of hydrogen-bond donors (Lipinski definition) is 0. The molecule has 1 saturated heterocycles. The number of furan rings is 1. The molecule has 24 heavy (non-hydrogen) atoms. The minimum Gasteiger partial charge on any atom is -0.458 e. The summed E-state index contributed by atoms with van der Waals surface area (Å²) in [6.07, 6.45) is 6.45. The van der Waals surface area contributed by atoms with Crippen LogP contribution in [-0.4, -0.2) is 24.1 Å². The van der Waals surface area contributed by atoms with Crippen molar-refractivity contribution in [3.63, 3.8) is 0 Å². The average Bonchev–Trinajstić information content (AvgIpc) is 3.07. The van der Waals surface area contributed by atoms with Crippen molar-refractivity contribution < 1.29 is 18.5 Å². The molecular weight excluding hydrogens is 303 g/mol. The molecule has 0 aromatic carbocycles. The zero-order chi connectivity index (χ0) is 17.5. The largest absolute Gasteiger partial charge is 0.498 e. The summed E-state index contributed by atoms with van der Waals surface area (Å²) in [5.41, 5.74) is -0.0834. The van der Waals surface area contributed by atoms with Crippen LogP contribution in [0.2, 0.25) is 0 Å². The Morgan fingerprint density at radius 1 is 1.12 bits per heavy atom. The second-order valence-electron chi connectivity index (χ2n) is 8.13. The van der Waals surface area contributed by atoms with Gasteiger partial charge in [0.1, 0.15) is 5.76 Å². The standard InChI is InChI=1S/C19H29BO4/c1-6-15(21)17-14(20-23-18(2,3)19(4,5)24-20)12-16(22-17)13-10-8-7-9-11-13/h12-13H,6-11H2,1-5H3. The van der Waals surface area contributed by atoms with Crippen molar-refractivity contribution in [3.8, 4) is 0 Å². The van der Waals surface area contributed by atoms with Gasteiger partial charge in [-0.25, -0.2) is 0 Å². The van der Waals surface area contributed by atoms with E-state index in [1.165, 1.54) is 19.3 Å². The summed E-state index contributed by atoms with van der Waals surface area (Å²) in [7, 11) is -0.540. The molecule has 1 aliphatic heterocycles. The van der Waals surface area contributed by atoms with Crippen molar-refractivity contribution in [2.24, 2.45) is 0 Å². The molecule has 0 atom stereocenters. The van der Waals surface area contributed by atoms with Crippen LogP contribution in [0.15, 0.2) is 10.5 Å². The molecule has 1 aromatic heterocycles. The first-order valence-electron chi connectivity index (χ1n) is 9.27. The Hall–Kier alpha value is -1.07. The normalized spacial score (nSPS) is 23.6. The predicted molar refractivity (Wildman–Crippen MR) is 94.9 cm³/mol. The lowest BCUT2D eigenvalue weighted by Gasteiger charge is -2.32. The zero-order valence-corrected chi connectivity index (χ0v) is 15.6. The van der Waals surface area contributed by atoms with E-state index in [1.54, 1.807) is 0 Å². The summed E-state index contributed by atoms with van der Waals surface area (Å²) in [5, 5.41) is 0. The summed E-state index contributed by atoms with van der Waals surface area (Å²) >= 11 is 0. The van der Waals surface area contributed by atoms with Gasteiger partial charge < -0.3 is 13.7 Å². The second kappa shape index (κ2) is 6.34. The van der Waals surface area contributed by atoms with Gasteiger partial charge in [-0.1, -0.05) is 26.2 Å². The monoisotopic (exact) mass is 332 g/mol. The molecule has 2 fully saturated rings. The van der Waals surface area contributed by atoms with Crippen molar-refractivity contribution in [1.29, 1.82) is 0 Å². The van der Waals surface area contributed by atoms with Crippen LogP contribution < -0.4 is 5.46 Å². The number of Topliss-reactive ketones (excluding diaryl/α,β-unsaturated/α-hetero) is 1. The molecule has 1 saturated carbocycles. The minimum atomic E-state index is -0.540. The molecular formula is C19H29BO4. The Bertz CT molecular complexity index is 595. The summed E-state index contributed by atoms with van der Waals surface area (Å²) < 4.78 is 18.3. The second-order valence-corrected chi connectivity index (χ2v) is 8.13. The molecule has 1 aliphatic carbocycles. The number of ketones is 1. The third kappa shape index (κ3) is 3.08. The van der Waals surface area contributed by atoms with E-state index in [9.17, 15) is 4.79 Å². The van der Waals surface area contributed by atoms with Crippen molar-refractivity contribution in [2.45, 2.75) is 90.3 Å². The van der Waals surface area contributed by atoms with Gasteiger partial charge in [-0.05, 0) is 46.6 Å². The smallest absolute Gasteiger partial charge is 0.458 e. The highest BCUT2D eigenvalue weighted by Crippen LogP contribution is 2.38. The fraction of sp³-hybridized carbons (Fsp3) is 0.737. The molecule has 0 radical (unpaired) electrons. The lowest BCUT2D eigenvalue weighted by Crippen LogP contribution is -2.41. The van der Waals surface area contributed by atoms with Crippen molar-refractivity contribution in [1.82, 2.24) is 0 Å². The van der Waals surface area contributed by atoms with Crippen LogP contribution in [-0.2, 0) is 9.31 Å². The van der Waals surface area contributed by atoms with Crippen LogP contribution in [0.1, 0.15) is 95.4 Å². The lowest BCUT2D eigenvalue weighted by molar-refractivity contribution is 0.00578. The maximum absolute atomic E-state index is 12.4. The molecule has 0 bridgehead atoms. The summed E-state index contributed by atoms with van der Waals surface area (Å²) in [5.74, 6) is 1.79. The number of hydrogen-bond acceptors (Lipinski definition) is 4. The highest BCUT2D eigenvalue weighted by Gasteiger charge is 2.53. The van der Waals surface area contributed by atoms with Gasteiger partial charge in [0.2, 0.25) is 0 Å². The van der Waals surface area contributed by atoms with E-state index in [0.717, 1.165) is 24.1 Å². The molecule has 0 unspecified atom stereocenters. The Labute approximate surface area is 145 Å². The summed E-state index contributed by atoms with van der Waals surface area (Å²) in [6, 6.07) is 2.01. The minimum absolute atomic E-state index is 0.0155. The van der Waals surface area contributed by atoms with Crippen molar-refractivity contribution in [2.75, 3.05) is 0 Å². The van der Waals surface area contributed by atoms with Gasteiger partial charge in [-0.3, -0.25) is 4.79 Å². The van der Waals surface area contributed by atoms with Crippen LogP contribution in [0.4, 0.5) is 0 Å². The van der Waals surface area contributed by atoms with Crippen molar-refractivity contribution >= 4 is 18.4 Å². The van der Waals surface area contributed by atoms with Crippen molar-refractivity contribution in [3.05, 3.63) is 17.6 Å².